The molecule has 0 radical (unpaired) electrons. The Kier molecular flexibility index (Phi) is 7.36. The number of fused-ring (bicyclic) bond motifs is 3. The van der Waals surface area contributed by atoms with E-state index < -0.39 is 0 Å². The molecule has 3 aromatic rings. The van der Waals surface area contributed by atoms with Gasteiger partial charge < -0.3 is 23.8 Å². The highest BCUT2D eigenvalue weighted by Gasteiger charge is 2.28. The van der Waals surface area contributed by atoms with Crippen LogP contribution in [0.4, 0.5) is 0 Å². The van der Waals surface area contributed by atoms with Gasteiger partial charge in [-0.2, -0.15) is 0 Å². The molecular formula is C25H33N3O4S. The summed E-state index contributed by atoms with van der Waals surface area (Å²) in [6.07, 6.45) is 1.92. The molecule has 1 aliphatic rings. The predicted molar refractivity (Wildman–Crippen MR) is 134 cm³/mol. The smallest absolute Gasteiger partial charge is 0.267 e. The second-order valence-electron chi connectivity index (χ2n) is 8.55. The molecule has 33 heavy (non-hydrogen) atoms. The van der Waals surface area contributed by atoms with Crippen LogP contribution in [0.2, 0.25) is 0 Å². The summed E-state index contributed by atoms with van der Waals surface area (Å²) in [7, 11) is 3.58. The van der Waals surface area contributed by atoms with E-state index in [4.69, 9.17) is 9.47 Å². The Morgan fingerprint density at radius 3 is 2.70 bits per heavy atom. The summed E-state index contributed by atoms with van der Waals surface area (Å²) in [5.41, 5.74) is 0.697. The molecule has 2 aromatic heterocycles. The lowest BCUT2D eigenvalue weighted by Gasteiger charge is -2.23. The normalized spacial score (nSPS) is 16.2. The van der Waals surface area contributed by atoms with Crippen LogP contribution in [0.5, 0.6) is 5.75 Å². The number of likely N-dealkylation sites (N-methyl/N-ethyl adjacent to an activating group) is 2. The van der Waals surface area contributed by atoms with Crippen LogP contribution in [0.25, 0.3) is 21.0 Å². The summed E-state index contributed by atoms with van der Waals surface area (Å²) in [5, 5.41) is 1.44. The van der Waals surface area contributed by atoms with Crippen LogP contribution >= 0.6 is 11.3 Å². The Labute approximate surface area is 198 Å². The summed E-state index contributed by atoms with van der Waals surface area (Å²) >= 11 is 1.36. The van der Waals surface area contributed by atoms with Crippen LogP contribution in [-0.2, 0) is 11.8 Å². The Bertz CT molecular complexity index is 1190. The third-order valence-corrected chi connectivity index (χ3v) is 7.71. The lowest BCUT2D eigenvalue weighted by atomic mass is 10.1. The van der Waals surface area contributed by atoms with Crippen molar-refractivity contribution < 1.29 is 14.3 Å². The number of pyridine rings is 1. The molecule has 4 rings (SSSR count). The molecule has 1 unspecified atom stereocenters. The van der Waals surface area contributed by atoms with Crippen LogP contribution in [0.3, 0.4) is 0 Å². The van der Waals surface area contributed by atoms with Crippen LogP contribution < -0.4 is 10.3 Å². The highest BCUT2D eigenvalue weighted by molar-refractivity contribution is 7.22. The fourth-order valence-corrected chi connectivity index (χ4v) is 5.64. The zero-order valence-electron chi connectivity index (χ0n) is 19.9. The standard InChI is InChI=1S/C25H33N3O4S/c1-5-28(6-2)14-13-26(3)25(30)23-21(32-16-17-10-9-15-31-17)20-22(33-23)18-11-7-8-12-19(18)27(4)24(20)29/h7-8,11-12,17H,5-6,9-10,13-16H2,1-4H3. The molecule has 0 N–H and O–H groups in total. The molecule has 1 aliphatic heterocycles. The van der Waals surface area contributed by atoms with Crippen molar-refractivity contribution in [3.05, 3.63) is 39.5 Å². The van der Waals surface area contributed by atoms with E-state index in [0.29, 0.717) is 29.2 Å². The first kappa shape index (κ1) is 23.7. The highest BCUT2D eigenvalue weighted by atomic mass is 32.1. The van der Waals surface area contributed by atoms with Gasteiger partial charge in [-0.3, -0.25) is 9.59 Å². The third-order valence-electron chi connectivity index (χ3n) is 6.52. The number of carbonyl (C=O) groups is 1. The summed E-state index contributed by atoms with van der Waals surface area (Å²) in [6, 6.07) is 7.80. The summed E-state index contributed by atoms with van der Waals surface area (Å²) in [5.74, 6) is 0.286. The number of amides is 1. The lowest BCUT2D eigenvalue weighted by molar-refractivity contribution is 0.0664. The first-order chi connectivity index (χ1) is 16.0. The Morgan fingerprint density at radius 2 is 2.00 bits per heavy atom. The first-order valence-corrected chi connectivity index (χ1v) is 12.5. The van der Waals surface area contributed by atoms with Gasteiger partial charge in [-0.25, -0.2) is 0 Å². The molecule has 178 valence electrons. The van der Waals surface area contributed by atoms with Crippen molar-refractivity contribution >= 4 is 38.2 Å². The minimum absolute atomic E-state index is 0.00685. The van der Waals surface area contributed by atoms with E-state index in [0.717, 1.165) is 54.7 Å². The van der Waals surface area contributed by atoms with Gasteiger partial charge in [0.2, 0.25) is 0 Å². The molecular weight excluding hydrogens is 438 g/mol. The maximum absolute atomic E-state index is 13.6. The first-order valence-electron chi connectivity index (χ1n) is 11.7. The Balaban J connectivity index is 1.77. The number of hydrogen-bond donors (Lipinski definition) is 0. The molecule has 0 spiro atoms. The molecule has 1 saturated heterocycles. The molecule has 1 amide bonds. The highest BCUT2D eigenvalue weighted by Crippen LogP contribution is 2.40. The number of aryl methyl sites for hydroxylation is 1. The van der Waals surface area contributed by atoms with E-state index in [1.54, 1.807) is 16.5 Å². The number of thiophene rings is 1. The van der Waals surface area contributed by atoms with Crippen molar-refractivity contribution in [3.63, 3.8) is 0 Å². The van der Waals surface area contributed by atoms with Gasteiger partial charge in [-0.05, 0) is 32.0 Å². The minimum Gasteiger partial charge on any atom is -0.488 e. The second kappa shape index (κ2) is 10.2. The van der Waals surface area contributed by atoms with E-state index in [9.17, 15) is 9.59 Å². The third kappa shape index (κ3) is 4.65. The van der Waals surface area contributed by atoms with Crippen molar-refractivity contribution in [2.75, 3.05) is 46.4 Å². The average Bonchev–Trinajstić information content (AvgIpc) is 3.49. The van der Waals surface area contributed by atoms with E-state index in [2.05, 4.69) is 18.7 Å². The van der Waals surface area contributed by atoms with Gasteiger partial charge >= 0.3 is 0 Å². The zero-order chi connectivity index (χ0) is 23.5. The molecule has 0 aliphatic carbocycles. The van der Waals surface area contributed by atoms with Crippen LogP contribution in [0, 0.1) is 0 Å². The number of rotatable bonds is 9. The van der Waals surface area contributed by atoms with Gasteiger partial charge in [0.05, 0.1) is 16.3 Å². The SMILES string of the molecule is CCN(CC)CCN(C)C(=O)c1sc2c(c1OCC1CCCO1)c(=O)n(C)c1ccccc21. The maximum atomic E-state index is 13.6. The number of para-hydroxylation sites is 1. The van der Waals surface area contributed by atoms with E-state index in [1.165, 1.54) is 11.3 Å². The van der Waals surface area contributed by atoms with E-state index in [-0.39, 0.29) is 17.6 Å². The largest absolute Gasteiger partial charge is 0.488 e. The number of ether oxygens (including phenoxy) is 2. The molecule has 0 saturated carbocycles. The second-order valence-corrected chi connectivity index (χ2v) is 9.57. The fraction of sp³-hybridized carbons (Fsp3) is 0.520. The van der Waals surface area contributed by atoms with E-state index >= 15 is 0 Å². The van der Waals surface area contributed by atoms with Crippen molar-refractivity contribution in [2.45, 2.75) is 32.8 Å². The monoisotopic (exact) mass is 471 g/mol. The van der Waals surface area contributed by atoms with Crippen LogP contribution in [-0.4, -0.2) is 72.8 Å². The van der Waals surface area contributed by atoms with Gasteiger partial charge in [0.15, 0.2) is 5.75 Å². The summed E-state index contributed by atoms with van der Waals surface area (Å²) in [4.78, 5) is 31.4. The van der Waals surface area contributed by atoms with Crippen molar-refractivity contribution in [1.82, 2.24) is 14.4 Å². The van der Waals surface area contributed by atoms with Crippen LogP contribution in [0.1, 0.15) is 36.4 Å². The molecule has 1 aromatic carbocycles. The molecule has 3 heterocycles. The topological polar surface area (TPSA) is 64.0 Å². The number of hydrogen-bond acceptors (Lipinski definition) is 6. The van der Waals surface area contributed by atoms with Crippen molar-refractivity contribution in [2.24, 2.45) is 7.05 Å². The van der Waals surface area contributed by atoms with E-state index in [1.807, 2.05) is 31.3 Å². The Hall–Kier alpha value is -2.42. The number of benzene rings is 1. The molecule has 0 bridgehead atoms. The molecule has 1 atom stereocenters. The summed E-state index contributed by atoms with van der Waals surface area (Å²) in [6.45, 7) is 8.61. The number of aromatic nitrogens is 1. The zero-order valence-corrected chi connectivity index (χ0v) is 20.7. The van der Waals surface area contributed by atoms with Gasteiger partial charge in [0.1, 0.15) is 16.9 Å². The van der Waals surface area contributed by atoms with Gasteiger partial charge in [0.25, 0.3) is 11.5 Å². The maximum Gasteiger partial charge on any atom is 0.267 e. The average molecular weight is 472 g/mol. The predicted octanol–water partition coefficient (Wildman–Crippen LogP) is 3.72. The molecule has 7 nitrogen and oxygen atoms in total. The Morgan fingerprint density at radius 1 is 1.24 bits per heavy atom. The number of nitrogens with zero attached hydrogens (tertiary/aromatic N) is 3. The van der Waals surface area contributed by atoms with Crippen LogP contribution in [0.15, 0.2) is 29.1 Å². The quantitative estimate of drug-likeness (QED) is 0.476. The van der Waals surface area contributed by atoms with Crippen molar-refractivity contribution in [1.29, 1.82) is 0 Å². The molecule has 8 heteroatoms. The van der Waals surface area contributed by atoms with Crippen molar-refractivity contribution in [3.8, 4) is 5.75 Å². The van der Waals surface area contributed by atoms with Gasteiger partial charge in [-0.1, -0.05) is 32.0 Å². The molecule has 1 fully saturated rings. The minimum atomic E-state index is -0.146. The number of carbonyl (C=O) groups excluding carboxylic acids is 1. The summed E-state index contributed by atoms with van der Waals surface area (Å²) < 4.78 is 14.4. The van der Waals surface area contributed by atoms with Gasteiger partial charge in [-0.15, -0.1) is 11.3 Å². The van der Waals surface area contributed by atoms with Gasteiger partial charge in [0, 0.05) is 39.2 Å². The fourth-order valence-electron chi connectivity index (χ4n) is 4.37. The lowest BCUT2D eigenvalue weighted by Crippen LogP contribution is -2.36.